The number of carbonyl (C=O) groups excluding carboxylic acids is 3. The van der Waals surface area contributed by atoms with Crippen molar-refractivity contribution in [3.05, 3.63) is 158 Å². The summed E-state index contributed by atoms with van der Waals surface area (Å²) < 4.78 is 11.4. The van der Waals surface area contributed by atoms with Crippen molar-refractivity contribution in [2.45, 2.75) is 19.4 Å². The SMILES string of the molecule is CCNC(=O)c1ccc(COc2ccc(C(=O)c3cc(Cl)ccc3NC(=O)OCC3c4ccccc4-c4ccccc43)cc2)c([N+](=O)[O-])c1. The molecule has 1 aliphatic carbocycles. The number of rotatable bonds is 11. The van der Waals surface area contributed by atoms with Gasteiger partial charge in [-0.3, -0.25) is 25.0 Å². The fourth-order valence-electron chi connectivity index (χ4n) is 5.84. The molecule has 2 N–H and O–H groups in total. The van der Waals surface area contributed by atoms with E-state index in [1.54, 1.807) is 43.3 Å². The number of carbonyl (C=O) groups is 3. The number of anilines is 1. The number of benzene rings is 5. The van der Waals surface area contributed by atoms with Crippen LogP contribution in [0.5, 0.6) is 5.75 Å². The maximum atomic E-state index is 13.6. The average Bonchev–Trinajstić information content (AvgIpc) is 3.44. The minimum Gasteiger partial charge on any atom is -0.489 e. The van der Waals surface area contributed by atoms with E-state index < -0.39 is 22.7 Å². The van der Waals surface area contributed by atoms with E-state index in [4.69, 9.17) is 21.1 Å². The van der Waals surface area contributed by atoms with Crippen molar-refractivity contribution in [3.8, 4) is 16.9 Å². The van der Waals surface area contributed by atoms with Gasteiger partial charge >= 0.3 is 6.09 Å². The molecule has 5 aromatic rings. The predicted molar refractivity (Wildman–Crippen MR) is 185 cm³/mol. The minimum absolute atomic E-state index is 0.111. The number of ether oxygens (including phenoxy) is 2. The van der Waals surface area contributed by atoms with Gasteiger partial charge in [0.15, 0.2) is 5.78 Å². The van der Waals surface area contributed by atoms with Crippen molar-refractivity contribution in [1.29, 1.82) is 0 Å². The molecule has 0 heterocycles. The zero-order valence-corrected chi connectivity index (χ0v) is 27.0. The molecule has 0 bridgehead atoms. The summed E-state index contributed by atoms with van der Waals surface area (Å²) in [5.41, 5.74) is 5.29. The number of fused-ring (bicyclic) bond motifs is 3. The van der Waals surface area contributed by atoms with E-state index in [9.17, 15) is 24.5 Å². The number of nitrogens with zero attached hydrogens (tertiary/aromatic N) is 1. The van der Waals surface area contributed by atoms with Crippen molar-refractivity contribution in [3.63, 3.8) is 0 Å². The number of halogens is 1. The van der Waals surface area contributed by atoms with Gasteiger partial charge in [0.25, 0.3) is 11.6 Å². The summed E-state index contributed by atoms with van der Waals surface area (Å²) in [6, 6.07) is 31.0. The first-order valence-corrected chi connectivity index (χ1v) is 15.9. The van der Waals surface area contributed by atoms with Gasteiger partial charge in [-0.15, -0.1) is 0 Å². The highest BCUT2D eigenvalue weighted by Gasteiger charge is 2.29. The average molecular weight is 676 g/mol. The Hall–Kier alpha value is -6.00. The zero-order valence-electron chi connectivity index (χ0n) is 26.3. The summed E-state index contributed by atoms with van der Waals surface area (Å²) in [7, 11) is 0. The summed E-state index contributed by atoms with van der Waals surface area (Å²) in [6.45, 7) is 2.12. The fourth-order valence-corrected chi connectivity index (χ4v) is 6.01. The Labute approximate surface area is 286 Å². The molecule has 2 amide bonds. The van der Waals surface area contributed by atoms with E-state index in [1.165, 1.54) is 24.3 Å². The molecule has 10 nitrogen and oxygen atoms in total. The predicted octanol–water partition coefficient (Wildman–Crippen LogP) is 8.17. The van der Waals surface area contributed by atoms with Crippen LogP contribution in [0.15, 0.2) is 109 Å². The highest BCUT2D eigenvalue weighted by molar-refractivity contribution is 6.31. The Kier molecular flexibility index (Phi) is 9.68. The molecule has 0 aliphatic heterocycles. The second-order valence-electron chi connectivity index (χ2n) is 11.2. The van der Waals surface area contributed by atoms with Crippen LogP contribution in [0.25, 0.3) is 11.1 Å². The van der Waals surface area contributed by atoms with E-state index in [2.05, 4.69) is 22.8 Å². The third-order valence-corrected chi connectivity index (χ3v) is 8.43. The Morgan fingerprint density at radius 1 is 0.837 bits per heavy atom. The van der Waals surface area contributed by atoms with E-state index in [1.807, 2.05) is 36.4 Å². The quantitative estimate of drug-likeness (QED) is 0.0818. The van der Waals surface area contributed by atoms with Crippen LogP contribution in [0.1, 0.15) is 55.8 Å². The Morgan fingerprint density at radius 2 is 1.49 bits per heavy atom. The number of nitro groups is 1. The number of hydrogen-bond acceptors (Lipinski definition) is 7. The number of ketones is 1. The lowest BCUT2D eigenvalue weighted by molar-refractivity contribution is -0.385. The molecule has 0 saturated heterocycles. The number of nitrogens with one attached hydrogen (secondary N) is 2. The van der Waals surface area contributed by atoms with Crippen LogP contribution in [0.2, 0.25) is 5.02 Å². The molecule has 0 fully saturated rings. The van der Waals surface area contributed by atoms with Crippen LogP contribution >= 0.6 is 11.6 Å². The van der Waals surface area contributed by atoms with Crippen LogP contribution in [-0.4, -0.2) is 35.9 Å². The van der Waals surface area contributed by atoms with Crippen LogP contribution in [-0.2, 0) is 11.3 Å². The third kappa shape index (κ3) is 7.14. The molecule has 0 saturated carbocycles. The first-order valence-electron chi connectivity index (χ1n) is 15.5. The zero-order chi connectivity index (χ0) is 34.5. The molecule has 0 aromatic heterocycles. The van der Waals surface area contributed by atoms with Gasteiger partial charge in [0.1, 0.15) is 19.0 Å². The standard InChI is InChI=1S/C38H30ClN3O7/c1-2-40-37(44)24-11-12-25(35(19-24)42(46)47)21-48-27-16-13-23(14-17-27)36(43)32-20-26(39)15-18-34(32)41-38(45)49-22-33-30-9-5-3-7-28(30)29-8-4-6-10-31(29)33/h3-20,33H,2,21-22H2,1H3,(H,40,44)(H,41,45). The van der Waals surface area contributed by atoms with Crippen molar-refractivity contribution in [2.24, 2.45) is 0 Å². The lowest BCUT2D eigenvalue weighted by Crippen LogP contribution is -2.22. The number of hydrogen-bond donors (Lipinski definition) is 2. The van der Waals surface area contributed by atoms with E-state index in [0.717, 1.165) is 22.3 Å². The molecule has 6 rings (SSSR count). The molecule has 0 spiro atoms. The maximum absolute atomic E-state index is 13.6. The largest absolute Gasteiger partial charge is 0.489 e. The van der Waals surface area contributed by atoms with Crippen molar-refractivity contribution in [2.75, 3.05) is 18.5 Å². The van der Waals surface area contributed by atoms with Gasteiger partial charge in [0.05, 0.1) is 16.2 Å². The van der Waals surface area contributed by atoms with E-state index in [-0.39, 0.29) is 47.2 Å². The molecular weight excluding hydrogens is 646 g/mol. The minimum atomic E-state index is -0.713. The Balaban J connectivity index is 1.12. The van der Waals surface area contributed by atoms with Crippen LogP contribution in [0.4, 0.5) is 16.2 Å². The van der Waals surface area contributed by atoms with Gasteiger partial charge < -0.3 is 14.8 Å². The van der Waals surface area contributed by atoms with Crippen LogP contribution < -0.4 is 15.4 Å². The van der Waals surface area contributed by atoms with Gasteiger partial charge in [-0.1, -0.05) is 60.1 Å². The van der Waals surface area contributed by atoms with Gasteiger partial charge in [-0.25, -0.2) is 4.79 Å². The molecule has 246 valence electrons. The van der Waals surface area contributed by atoms with Gasteiger partial charge in [0.2, 0.25) is 0 Å². The lowest BCUT2D eigenvalue weighted by atomic mass is 9.98. The normalized spacial score (nSPS) is 11.6. The molecule has 11 heteroatoms. The second-order valence-corrected chi connectivity index (χ2v) is 11.7. The van der Waals surface area contributed by atoms with Crippen molar-refractivity contribution >= 4 is 40.8 Å². The summed E-state index contributed by atoms with van der Waals surface area (Å²) in [4.78, 5) is 49.8. The molecular formula is C38H30ClN3O7. The maximum Gasteiger partial charge on any atom is 0.411 e. The summed E-state index contributed by atoms with van der Waals surface area (Å²) in [5, 5.41) is 17.3. The molecule has 49 heavy (non-hydrogen) atoms. The van der Waals surface area contributed by atoms with E-state index >= 15 is 0 Å². The van der Waals surface area contributed by atoms with Gasteiger partial charge in [0, 0.05) is 40.2 Å². The Bertz CT molecular complexity index is 2040. The van der Waals surface area contributed by atoms with E-state index in [0.29, 0.717) is 22.9 Å². The van der Waals surface area contributed by atoms with Crippen molar-refractivity contribution < 1.29 is 28.8 Å². The fraction of sp³-hybridized carbons (Fsp3) is 0.132. The summed E-state index contributed by atoms with van der Waals surface area (Å²) in [6.07, 6.45) is -0.713. The van der Waals surface area contributed by atoms with Crippen molar-refractivity contribution in [1.82, 2.24) is 5.32 Å². The van der Waals surface area contributed by atoms with Gasteiger partial charge in [-0.05, 0) is 83.8 Å². The highest BCUT2D eigenvalue weighted by Crippen LogP contribution is 2.44. The third-order valence-electron chi connectivity index (χ3n) is 8.20. The smallest absolute Gasteiger partial charge is 0.411 e. The topological polar surface area (TPSA) is 137 Å². The van der Waals surface area contributed by atoms with Crippen LogP contribution in [0.3, 0.4) is 0 Å². The highest BCUT2D eigenvalue weighted by atomic mass is 35.5. The molecule has 0 atom stereocenters. The second kappa shape index (κ2) is 14.4. The first kappa shape index (κ1) is 32.9. The monoisotopic (exact) mass is 675 g/mol. The van der Waals surface area contributed by atoms with Crippen LogP contribution in [0, 0.1) is 10.1 Å². The Morgan fingerprint density at radius 3 is 2.14 bits per heavy atom. The molecule has 1 aliphatic rings. The molecule has 0 unspecified atom stereocenters. The molecule has 5 aromatic carbocycles. The summed E-state index contributed by atoms with van der Waals surface area (Å²) in [5.74, 6) is -0.570. The number of amides is 2. The first-order chi connectivity index (χ1) is 23.7. The summed E-state index contributed by atoms with van der Waals surface area (Å²) >= 11 is 6.24. The molecule has 0 radical (unpaired) electrons. The number of nitro benzene ring substituents is 1. The van der Waals surface area contributed by atoms with Gasteiger partial charge in [-0.2, -0.15) is 0 Å². The lowest BCUT2D eigenvalue weighted by Gasteiger charge is -2.16.